The Hall–Kier alpha value is -2.05. The number of nitrogens with one attached hydrogen (secondary N) is 1. The molecule has 0 aliphatic carbocycles. The summed E-state index contributed by atoms with van der Waals surface area (Å²) in [5.74, 6) is 0.0876. The van der Waals surface area contributed by atoms with Crippen molar-refractivity contribution in [2.75, 3.05) is 24.7 Å². The normalized spacial score (nSPS) is 9.50. The highest BCUT2D eigenvalue weighted by Gasteiger charge is 2.07. The number of nitrogens with zero attached hydrogens (tertiary/aromatic N) is 2. The molecule has 0 fully saturated rings. The number of aromatic nitrogens is 2. The Morgan fingerprint density at radius 1 is 1.64 bits per heavy atom. The van der Waals surface area contributed by atoms with Crippen LogP contribution in [0.4, 0.5) is 11.5 Å². The average Bonchev–Trinajstić information content (AvgIpc) is 2.16. The molecule has 1 heterocycles. The molecule has 76 valence electrons. The van der Waals surface area contributed by atoms with E-state index in [9.17, 15) is 4.79 Å². The van der Waals surface area contributed by atoms with Crippen LogP contribution < -0.4 is 21.5 Å². The number of hydrogen-bond donors (Lipinski definition) is 3. The Kier molecular flexibility index (Phi) is 3.05. The number of carbonyl (C=O) groups excluding carboxylic acids is 1. The lowest BCUT2D eigenvalue weighted by Gasteiger charge is -2.08. The van der Waals surface area contributed by atoms with Gasteiger partial charge in [-0.15, -0.1) is 0 Å². The molecule has 1 rings (SSSR count). The first-order valence-electron chi connectivity index (χ1n) is 3.81. The van der Waals surface area contributed by atoms with E-state index in [0.717, 1.165) is 0 Å². The second-order valence-corrected chi connectivity index (χ2v) is 2.47. The van der Waals surface area contributed by atoms with Crippen molar-refractivity contribution in [2.45, 2.75) is 0 Å². The summed E-state index contributed by atoms with van der Waals surface area (Å²) in [5.41, 5.74) is 10.8. The molecule has 0 unspecified atom stereocenters. The van der Waals surface area contributed by atoms with Crippen molar-refractivity contribution < 1.29 is 9.53 Å². The molecule has 0 bridgehead atoms. The van der Waals surface area contributed by atoms with Gasteiger partial charge in [0.1, 0.15) is 12.0 Å². The first kappa shape index (κ1) is 10.0. The first-order chi connectivity index (χ1) is 6.65. The fourth-order valence-corrected chi connectivity index (χ4v) is 0.854. The summed E-state index contributed by atoms with van der Waals surface area (Å²) in [6.45, 7) is -0.0373. The zero-order chi connectivity index (χ0) is 10.6. The summed E-state index contributed by atoms with van der Waals surface area (Å²) in [5, 5.41) is 2.66. The van der Waals surface area contributed by atoms with Crippen LogP contribution in [-0.4, -0.2) is 29.5 Å². The number of nitrogen functional groups attached to an aromatic ring is 1. The molecule has 7 nitrogen and oxygen atoms in total. The third-order valence-corrected chi connectivity index (χ3v) is 1.47. The molecule has 0 aromatic carbocycles. The van der Waals surface area contributed by atoms with Crippen LogP contribution in [0.5, 0.6) is 5.88 Å². The van der Waals surface area contributed by atoms with Gasteiger partial charge >= 0.3 is 0 Å². The van der Waals surface area contributed by atoms with Gasteiger partial charge < -0.3 is 21.5 Å². The lowest BCUT2D eigenvalue weighted by Crippen LogP contribution is -2.22. The summed E-state index contributed by atoms with van der Waals surface area (Å²) >= 11 is 0. The van der Waals surface area contributed by atoms with Gasteiger partial charge in [0, 0.05) is 0 Å². The third-order valence-electron chi connectivity index (χ3n) is 1.47. The monoisotopic (exact) mass is 197 g/mol. The number of carbonyl (C=O) groups is 1. The van der Waals surface area contributed by atoms with Crippen LogP contribution in [0.15, 0.2) is 6.33 Å². The second kappa shape index (κ2) is 4.26. The van der Waals surface area contributed by atoms with Gasteiger partial charge in [-0.1, -0.05) is 0 Å². The Morgan fingerprint density at radius 3 is 2.93 bits per heavy atom. The molecule has 0 aliphatic rings. The van der Waals surface area contributed by atoms with Crippen LogP contribution in [0.2, 0.25) is 0 Å². The fourth-order valence-electron chi connectivity index (χ4n) is 0.854. The SMILES string of the molecule is COc1ncnc(NCC(N)=O)c1N. The van der Waals surface area contributed by atoms with Crippen molar-refractivity contribution in [3.8, 4) is 5.88 Å². The highest BCUT2D eigenvalue weighted by atomic mass is 16.5. The number of nitrogens with two attached hydrogens (primary N) is 2. The van der Waals surface area contributed by atoms with E-state index in [0.29, 0.717) is 5.82 Å². The third kappa shape index (κ3) is 2.22. The zero-order valence-electron chi connectivity index (χ0n) is 7.65. The summed E-state index contributed by atoms with van der Waals surface area (Å²) in [7, 11) is 1.44. The van der Waals surface area contributed by atoms with Gasteiger partial charge in [0.05, 0.1) is 13.7 Å². The molecule has 1 aromatic heterocycles. The largest absolute Gasteiger partial charge is 0.479 e. The first-order valence-corrected chi connectivity index (χ1v) is 3.81. The van der Waals surface area contributed by atoms with E-state index in [2.05, 4.69) is 15.3 Å². The smallest absolute Gasteiger partial charge is 0.242 e. The maximum absolute atomic E-state index is 10.5. The maximum atomic E-state index is 10.5. The van der Waals surface area contributed by atoms with Crippen LogP contribution in [0.3, 0.4) is 0 Å². The summed E-state index contributed by atoms with van der Waals surface area (Å²) < 4.78 is 4.86. The average molecular weight is 197 g/mol. The van der Waals surface area contributed by atoms with Crippen LogP contribution in [0, 0.1) is 0 Å². The van der Waals surface area contributed by atoms with Crippen molar-refractivity contribution >= 4 is 17.4 Å². The Labute approximate surface area is 80.5 Å². The van der Waals surface area contributed by atoms with Gasteiger partial charge in [-0.3, -0.25) is 4.79 Å². The Morgan fingerprint density at radius 2 is 2.36 bits per heavy atom. The van der Waals surface area contributed by atoms with Gasteiger partial charge in [-0.2, -0.15) is 4.98 Å². The molecule has 0 saturated heterocycles. The highest BCUT2D eigenvalue weighted by Crippen LogP contribution is 2.23. The maximum Gasteiger partial charge on any atom is 0.242 e. The molecule has 0 saturated carbocycles. The van der Waals surface area contributed by atoms with Crippen molar-refractivity contribution in [1.29, 1.82) is 0 Å². The second-order valence-electron chi connectivity index (χ2n) is 2.47. The molecule has 14 heavy (non-hydrogen) atoms. The fraction of sp³-hybridized carbons (Fsp3) is 0.286. The van der Waals surface area contributed by atoms with E-state index in [1.807, 2.05) is 0 Å². The predicted molar refractivity (Wildman–Crippen MR) is 50.7 cm³/mol. The summed E-state index contributed by atoms with van der Waals surface area (Å²) in [4.78, 5) is 18.1. The molecule has 1 amide bonds. The lowest BCUT2D eigenvalue weighted by atomic mass is 10.4. The Bertz CT molecular complexity index is 341. The summed E-state index contributed by atoms with van der Waals surface area (Å²) in [6, 6.07) is 0. The van der Waals surface area contributed by atoms with Crippen LogP contribution in [0.25, 0.3) is 0 Å². The van der Waals surface area contributed by atoms with Crippen LogP contribution in [0.1, 0.15) is 0 Å². The quantitative estimate of drug-likeness (QED) is 0.568. The number of amides is 1. The number of primary amides is 1. The van der Waals surface area contributed by atoms with E-state index >= 15 is 0 Å². The number of ether oxygens (including phenoxy) is 1. The van der Waals surface area contributed by atoms with Crippen molar-refractivity contribution in [3.63, 3.8) is 0 Å². The van der Waals surface area contributed by atoms with Gasteiger partial charge in [0.25, 0.3) is 0 Å². The summed E-state index contributed by atoms with van der Waals surface area (Å²) in [6.07, 6.45) is 1.28. The number of anilines is 2. The Balaban J connectivity index is 2.81. The topological polar surface area (TPSA) is 116 Å². The molecule has 0 aliphatic heterocycles. The number of methoxy groups -OCH3 is 1. The molecular formula is C7H11N5O2. The standard InChI is InChI=1S/C7H11N5O2/c1-14-7-5(9)6(11-3-12-7)10-2-4(8)13/h3H,2,9H2,1H3,(H2,8,13)(H,10,11,12). The molecule has 7 heteroatoms. The molecular weight excluding hydrogens is 186 g/mol. The molecule has 1 aromatic rings. The van der Waals surface area contributed by atoms with E-state index in [-0.39, 0.29) is 18.1 Å². The minimum absolute atomic E-state index is 0.0373. The zero-order valence-corrected chi connectivity index (χ0v) is 7.65. The van der Waals surface area contributed by atoms with Gasteiger partial charge in [-0.25, -0.2) is 4.98 Å². The minimum Gasteiger partial charge on any atom is -0.479 e. The number of rotatable bonds is 4. The van der Waals surface area contributed by atoms with Gasteiger partial charge in [0.2, 0.25) is 11.8 Å². The van der Waals surface area contributed by atoms with Crippen molar-refractivity contribution in [3.05, 3.63) is 6.33 Å². The van der Waals surface area contributed by atoms with Crippen molar-refractivity contribution in [2.24, 2.45) is 5.73 Å². The van der Waals surface area contributed by atoms with Gasteiger partial charge in [0.15, 0.2) is 5.82 Å². The number of hydrogen-bond acceptors (Lipinski definition) is 6. The predicted octanol–water partition coefficient (Wildman–Crippen LogP) is -1.04. The minimum atomic E-state index is -0.498. The molecule has 0 spiro atoms. The van der Waals surface area contributed by atoms with E-state index in [4.69, 9.17) is 16.2 Å². The van der Waals surface area contributed by atoms with Crippen LogP contribution >= 0.6 is 0 Å². The molecule has 0 atom stereocenters. The van der Waals surface area contributed by atoms with E-state index in [1.54, 1.807) is 0 Å². The molecule has 5 N–H and O–H groups in total. The van der Waals surface area contributed by atoms with Gasteiger partial charge in [-0.05, 0) is 0 Å². The van der Waals surface area contributed by atoms with E-state index in [1.165, 1.54) is 13.4 Å². The highest BCUT2D eigenvalue weighted by molar-refractivity contribution is 5.80. The van der Waals surface area contributed by atoms with Crippen molar-refractivity contribution in [1.82, 2.24) is 9.97 Å². The molecule has 0 radical (unpaired) electrons. The lowest BCUT2D eigenvalue weighted by molar-refractivity contribution is -0.116. The van der Waals surface area contributed by atoms with Crippen LogP contribution in [-0.2, 0) is 4.79 Å². The van der Waals surface area contributed by atoms with E-state index < -0.39 is 5.91 Å².